The molecule has 3 aromatic carbocycles. The number of amides is 2. The van der Waals surface area contributed by atoms with Crippen LogP contribution in [0.2, 0.25) is 0 Å². The molecule has 0 aromatic heterocycles. The fraction of sp³-hybridized carbons (Fsp3) is 0.310. The zero-order valence-corrected chi connectivity index (χ0v) is 20.6. The highest BCUT2D eigenvalue weighted by molar-refractivity contribution is 5.95. The predicted molar refractivity (Wildman–Crippen MR) is 138 cm³/mol. The number of hydrogen-bond acceptors (Lipinski definition) is 3. The third kappa shape index (κ3) is 6.07. The minimum atomic E-state index is -0.333. The maximum atomic E-state index is 13.9. The summed E-state index contributed by atoms with van der Waals surface area (Å²) in [5, 5.41) is 3.04. The van der Waals surface area contributed by atoms with Crippen LogP contribution < -0.4 is 10.2 Å². The van der Waals surface area contributed by atoms with Crippen LogP contribution >= 0.6 is 0 Å². The number of carbonyl (C=O) groups excluding carboxylic acids is 2. The molecule has 1 fully saturated rings. The average molecular weight is 474 g/mol. The van der Waals surface area contributed by atoms with Crippen LogP contribution in [0.1, 0.15) is 46.3 Å². The summed E-state index contributed by atoms with van der Waals surface area (Å²) in [5.41, 5.74) is 4.87. The predicted octanol–water partition coefficient (Wildman–Crippen LogP) is 5.78. The molecule has 1 saturated carbocycles. The van der Waals surface area contributed by atoms with Gasteiger partial charge in [0.2, 0.25) is 5.91 Å². The van der Waals surface area contributed by atoms with Gasteiger partial charge in [0.25, 0.3) is 5.91 Å². The van der Waals surface area contributed by atoms with Gasteiger partial charge in [0, 0.05) is 50.0 Å². The first-order chi connectivity index (χ1) is 16.8. The van der Waals surface area contributed by atoms with E-state index in [2.05, 4.69) is 5.32 Å². The average Bonchev–Trinajstić information content (AvgIpc) is 2.77. The lowest BCUT2D eigenvalue weighted by molar-refractivity contribution is -0.122. The second-order valence-corrected chi connectivity index (χ2v) is 9.52. The Balaban J connectivity index is 1.66. The number of carbonyl (C=O) groups is 2. The molecule has 0 bridgehead atoms. The van der Waals surface area contributed by atoms with E-state index in [1.165, 1.54) is 12.1 Å². The van der Waals surface area contributed by atoms with Crippen molar-refractivity contribution in [2.75, 3.05) is 24.3 Å². The number of hydrogen-bond donors (Lipinski definition) is 1. The van der Waals surface area contributed by atoms with E-state index < -0.39 is 0 Å². The second-order valence-electron chi connectivity index (χ2n) is 9.52. The lowest BCUT2D eigenvalue weighted by Crippen LogP contribution is -2.31. The molecule has 35 heavy (non-hydrogen) atoms. The van der Waals surface area contributed by atoms with Gasteiger partial charge in [0.15, 0.2) is 0 Å². The fourth-order valence-electron chi connectivity index (χ4n) is 4.36. The second kappa shape index (κ2) is 10.7. The molecule has 0 aliphatic heterocycles. The lowest BCUT2D eigenvalue weighted by Gasteiger charge is -2.27. The van der Waals surface area contributed by atoms with Crippen molar-refractivity contribution >= 4 is 23.2 Å². The SMILES string of the molecule is Cc1cccc(C(=O)N(Cc2cccc(F)c2)Cc2cc(NC(=O)C3CCC3)ccc2N(C)C)c1. The largest absolute Gasteiger partial charge is 0.377 e. The van der Waals surface area contributed by atoms with E-state index in [0.29, 0.717) is 17.7 Å². The molecule has 6 heteroatoms. The van der Waals surface area contributed by atoms with Crippen molar-refractivity contribution in [1.29, 1.82) is 0 Å². The zero-order chi connectivity index (χ0) is 24.9. The van der Waals surface area contributed by atoms with Crippen LogP contribution in [0.5, 0.6) is 0 Å². The van der Waals surface area contributed by atoms with Crippen LogP contribution in [0, 0.1) is 18.7 Å². The van der Waals surface area contributed by atoms with E-state index in [1.54, 1.807) is 17.0 Å². The molecule has 5 nitrogen and oxygen atoms in total. The molecule has 0 radical (unpaired) electrons. The van der Waals surface area contributed by atoms with Crippen molar-refractivity contribution in [2.45, 2.75) is 39.3 Å². The van der Waals surface area contributed by atoms with Crippen molar-refractivity contribution < 1.29 is 14.0 Å². The van der Waals surface area contributed by atoms with Crippen LogP contribution in [-0.2, 0) is 17.9 Å². The van der Waals surface area contributed by atoms with Gasteiger partial charge >= 0.3 is 0 Å². The van der Waals surface area contributed by atoms with Crippen LogP contribution in [0.4, 0.5) is 15.8 Å². The summed E-state index contributed by atoms with van der Waals surface area (Å²) in [5.74, 6) is -0.335. The number of nitrogens with one attached hydrogen (secondary N) is 1. The number of benzene rings is 3. The number of nitrogens with zero attached hydrogens (tertiary/aromatic N) is 2. The number of halogens is 1. The summed E-state index contributed by atoms with van der Waals surface area (Å²) in [6, 6.07) is 19.6. The zero-order valence-electron chi connectivity index (χ0n) is 20.6. The molecular formula is C29H32FN3O2. The van der Waals surface area contributed by atoms with Gasteiger partial charge in [0.05, 0.1) is 0 Å². The first-order valence-electron chi connectivity index (χ1n) is 12.0. The maximum Gasteiger partial charge on any atom is 0.254 e. The van der Waals surface area contributed by atoms with Crippen molar-refractivity contribution in [3.8, 4) is 0 Å². The Labute approximate surface area is 206 Å². The summed E-state index contributed by atoms with van der Waals surface area (Å²) in [6.45, 7) is 2.52. The maximum absolute atomic E-state index is 13.9. The molecule has 182 valence electrons. The highest BCUT2D eigenvalue weighted by atomic mass is 19.1. The van der Waals surface area contributed by atoms with Crippen molar-refractivity contribution in [1.82, 2.24) is 4.90 Å². The fourth-order valence-corrected chi connectivity index (χ4v) is 4.36. The van der Waals surface area contributed by atoms with Gasteiger partial charge in [-0.25, -0.2) is 4.39 Å². The standard InChI is InChI=1S/C29H32FN3O2/c1-20-7-4-11-23(15-20)29(35)33(18-21-8-5-12-25(30)16-21)19-24-17-26(13-14-27(24)32(2)3)31-28(34)22-9-6-10-22/h4-5,7-8,11-17,22H,6,9-10,18-19H2,1-3H3,(H,31,34). The van der Waals surface area contributed by atoms with Gasteiger partial charge in [0.1, 0.15) is 5.82 Å². The Hall–Kier alpha value is -3.67. The smallest absolute Gasteiger partial charge is 0.254 e. The van der Waals surface area contributed by atoms with Gasteiger partial charge in [-0.15, -0.1) is 0 Å². The minimum Gasteiger partial charge on any atom is -0.377 e. The summed E-state index contributed by atoms with van der Waals surface area (Å²) in [4.78, 5) is 29.9. The highest BCUT2D eigenvalue weighted by Crippen LogP contribution is 2.30. The van der Waals surface area contributed by atoms with E-state index in [4.69, 9.17) is 0 Å². The van der Waals surface area contributed by atoms with Gasteiger partial charge in [-0.1, -0.05) is 36.2 Å². The van der Waals surface area contributed by atoms with E-state index in [9.17, 15) is 14.0 Å². The molecule has 3 aromatic rings. The van der Waals surface area contributed by atoms with Crippen LogP contribution in [0.15, 0.2) is 66.7 Å². The third-order valence-electron chi connectivity index (χ3n) is 6.48. The van der Waals surface area contributed by atoms with Gasteiger partial charge < -0.3 is 15.1 Å². The van der Waals surface area contributed by atoms with E-state index in [-0.39, 0.29) is 30.1 Å². The van der Waals surface area contributed by atoms with Gasteiger partial charge in [-0.05, 0) is 73.4 Å². The van der Waals surface area contributed by atoms with E-state index in [0.717, 1.165) is 41.8 Å². The van der Waals surface area contributed by atoms with Crippen LogP contribution in [-0.4, -0.2) is 30.8 Å². The summed E-state index contributed by atoms with van der Waals surface area (Å²) < 4.78 is 13.9. The Morgan fingerprint density at radius 1 is 0.971 bits per heavy atom. The Kier molecular flexibility index (Phi) is 7.49. The molecule has 1 aliphatic carbocycles. The van der Waals surface area contributed by atoms with E-state index in [1.807, 2.05) is 68.4 Å². The Morgan fingerprint density at radius 2 is 1.74 bits per heavy atom. The first-order valence-corrected chi connectivity index (χ1v) is 12.0. The molecule has 2 amide bonds. The highest BCUT2D eigenvalue weighted by Gasteiger charge is 2.25. The van der Waals surface area contributed by atoms with Crippen molar-refractivity contribution in [3.63, 3.8) is 0 Å². The lowest BCUT2D eigenvalue weighted by atomic mass is 9.85. The molecule has 0 saturated heterocycles. The molecule has 0 spiro atoms. The van der Waals surface area contributed by atoms with Crippen molar-refractivity contribution in [2.24, 2.45) is 5.92 Å². The normalized spacial score (nSPS) is 13.1. The van der Waals surface area contributed by atoms with Crippen molar-refractivity contribution in [3.05, 3.63) is 94.8 Å². The Morgan fingerprint density at radius 3 is 2.40 bits per heavy atom. The van der Waals surface area contributed by atoms with Gasteiger partial charge in [-0.3, -0.25) is 9.59 Å². The molecule has 1 aliphatic rings. The number of anilines is 2. The Bertz CT molecular complexity index is 1220. The molecule has 0 atom stereocenters. The first kappa shape index (κ1) is 24.5. The molecule has 4 rings (SSSR count). The topological polar surface area (TPSA) is 52.7 Å². The molecule has 0 unspecified atom stereocenters. The van der Waals surface area contributed by atoms with Crippen LogP contribution in [0.25, 0.3) is 0 Å². The van der Waals surface area contributed by atoms with Gasteiger partial charge in [-0.2, -0.15) is 0 Å². The number of rotatable bonds is 8. The molecule has 0 heterocycles. The monoisotopic (exact) mass is 473 g/mol. The molecule has 1 N–H and O–H groups in total. The number of aryl methyl sites for hydroxylation is 1. The molecular weight excluding hydrogens is 441 g/mol. The quantitative estimate of drug-likeness (QED) is 0.451. The minimum absolute atomic E-state index is 0.0484. The summed E-state index contributed by atoms with van der Waals surface area (Å²) in [7, 11) is 3.90. The van der Waals surface area contributed by atoms with Crippen LogP contribution in [0.3, 0.4) is 0 Å². The summed E-state index contributed by atoms with van der Waals surface area (Å²) in [6.07, 6.45) is 2.96. The van der Waals surface area contributed by atoms with E-state index >= 15 is 0 Å². The third-order valence-corrected chi connectivity index (χ3v) is 6.48. The summed E-state index contributed by atoms with van der Waals surface area (Å²) >= 11 is 0.